The first-order valence-electron chi connectivity index (χ1n) is 10.4. The Hall–Kier alpha value is -2.99. The molecule has 4 rings (SSSR count). The van der Waals surface area contributed by atoms with E-state index < -0.39 is 17.3 Å². The van der Waals surface area contributed by atoms with Gasteiger partial charge in [0.15, 0.2) is 0 Å². The van der Waals surface area contributed by atoms with Crippen molar-refractivity contribution < 1.29 is 27.1 Å². The molecule has 0 saturated carbocycles. The maximum absolute atomic E-state index is 13.5. The van der Waals surface area contributed by atoms with E-state index in [-0.39, 0.29) is 17.2 Å². The van der Waals surface area contributed by atoms with Crippen molar-refractivity contribution in [3.8, 4) is 6.07 Å². The number of alkyl halides is 3. The van der Waals surface area contributed by atoms with Gasteiger partial charge < -0.3 is 19.0 Å². The van der Waals surface area contributed by atoms with Crippen LogP contribution in [0.25, 0.3) is 0 Å². The van der Waals surface area contributed by atoms with Gasteiger partial charge in [0.1, 0.15) is 5.76 Å². The number of benzene rings is 1. The van der Waals surface area contributed by atoms with Crippen LogP contribution in [0.5, 0.6) is 0 Å². The summed E-state index contributed by atoms with van der Waals surface area (Å²) in [4.78, 5) is 16.7. The Balaban J connectivity index is 1.60. The standard InChI is InChI=1S/C23H24F3N3O3/c1-15-19(5-8-32-15)21(30)28-7-6-22(14-31-2)13-29(12-17(22)11-28)18-4-3-16(10-27)20(9-18)23(24,25)26/h3-5,8-9,17H,6-7,11-14H2,1-2H3. The maximum Gasteiger partial charge on any atom is 0.417 e. The molecule has 0 N–H and O–H groups in total. The molecule has 2 aliphatic heterocycles. The Bertz CT molecular complexity index is 1060. The summed E-state index contributed by atoms with van der Waals surface area (Å²) in [6.45, 7) is 4.27. The van der Waals surface area contributed by atoms with Crippen molar-refractivity contribution in [2.45, 2.75) is 19.5 Å². The Morgan fingerprint density at radius 2 is 2.12 bits per heavy atom. The number of amides is 1. The number of furan rings is 1. The van der Waals surface area contributed by atoms with Gasteiger partial charge in [-0.25, -0.2) is 0 Å². The van der Waals surface area contributed by atoms with Gasteiger partial charge in [0, 0.05) is 50.3 Å². The first kappa shape index (κ1) is 22.2. The zero-order valence-electron chi connectivity index (χ0n) is 17.9. The number of piperidine rings is 1. The first-order chi connectivity index (χ1) is 15.2. The number of likely N-dealkylation sites (tertiary alicyclic amines) is 1. The fourth-order valence-corrected chi connectivity index (χ4v) is 5.03. The lowest BCUT2D eigenvalue weighted by molar-refractivity contribution is -0.137. The number of nitriles is 1. The van der Waals surface area contributed by atoms with Crippen molar-refractivity contribution in [2.75, 3.05) is 44.8 Å². The largest absolute Gasteiger partial charge is 0.469 e. The van der Waals surface area contributed by atoms with Crippen molar-refractivity contribution in [2.24, 2.45) is 11.3 Å². The molecular formula is C23H24F3N3O3. The van der Waals surface area contributed by atoms with Crippen molar-refractivity contribution in [3.63, 3.8) is 0 Å². The third-order valence-electron chi connectivity index (χ3n) is 6.74. The van der Waals surface area contributed by atoms with Gasteiger partial charge in [0.25, 0.3) is 5.91 Å². The molecule has 2 aromatic rings. The second-order valence-corrected chi connectivity index (χ2v) is 8.60. The smallest absolute Gasteiger partial charge is 0.417 e. The van der Waals surface area contributed by atoms with Crippen LogP contribution in [0.3, 0.4) is 0 Å². The average Bonchev–Trinajstić information content (AvgIpc) is 3.35. The lowest BCUT2D eigenvalue weighted by Crippen LogP contribution is -2.50. The zero-order valence-corrected chi connectivity index (χ0v) is 17.9. The highest BCUT2D eigenvalue weighted by Gasteiger charge is 2.50. The van der Waals surface area contributed by atoms with E-state index >= 15 is 0 Å². The predicted octanol–water partition coefficient (Wildman–Crippen LogP) is 4.09. The van der Waals surface area contributed by atoms with Gasteiger partial charge in [-0.05, 0) is 37.6 Å². The van der Waals surface area contributed by atoms with Gasteiger partial charge in [0.05, 0.1) is 35.6 Å². The number of methoxy groups -OCH3 is 1. The van der Waals surface area contributed by atoms with Crippen LogP contribution in [0.4, 0.5) is 18.9 Å². The monoisotopic (exact) mass is 447 g/mol. The van der Waals surface area contributed by atoms with E-state index in [1.807, 2.05) is 4.90 Å². The Kier molecular flexibility index (Phi) is 5.67. The van der Waals surface area contributed by atoms with Gasteiger partial charge in [-0.15, -0.1) is 0 Å². The fourth-order valence-electron chi connectivity index (χ4n) is 5.03. The number of anilines is 1. The molecule has 0 spiro atoms. The number of aryl methyl sites for hydroxylation is 1. The minimum Gasteiger partial charge on any atom is -0.469 e. The Labute approximate surface area is 184 Å². The summed E-state index contributed by atoms with van der Waals surface area (Å²) < 4.78 is 51.1. The van der Waals surface area contributed by atoms with Crippen LogP contribution in [0.1, 0.15) is 33.7 Å². The highest BCUT2D eigenvalue weighted by atomic mass is 19.4. The highest BCUT2D eigenvalue weighted by Crippen LogP contribution is 2.45. The van der Waals surface area contributed by atoms with Gasteiger partial charge in [-0.1, -0.05) is 0 Å². The summed E-state index contributed by atoms with van der Waals surface area (Å²) in [6.07, 6.45) is -2.43. The van der Waals surface area contributed by atoms with Crippen molar-refractivity contribution in [1.82, 2.24) is 4.90 Å². The average molecular weight is 447 g/mol. The molecule has 0 radical (unpaired) electrons. The summed E-state index contributed by atoms with van der Waals surface area (Å²) in [7, 11) is 1.62. The molecule has 9 heteroatoms. The summed E-state index contributed by atoms with van der Waals surface area (Å²) in [6, 6.07) is 7.11. The number of nitrogens with zero attached hydrogens (tertiary/aromatic N) is 3. The number of hydrogen-bond acceptors (Lipinski definition) is 5. The zero-order chi connectivity index (χ0) is 23.1. The Morgan fingerprint density at radius 1 is 1.34 bits per heavy atom. The van der Waals surface area contributed by atoms with Crippen molar-refractivity contribution >= 4 is 11.6 Å². The second kappa shape index (κ2) is 8.17. The molecule has 3 heterocycles. The van der Waals surface area contributed by atoms with E-state index in [0.717, 1.165) is 6.07 Å². The number of carbonyl (C=O) groups excluding carboxylic acids is 1. The molecule has 0 aliphatic carbocycles. The maximum atomic E-state index is 13.5. The molecule has 2 aliphatic rings. The van der Waals surface area contributed by atoms with E-state index in [1.54, 1.807) is 37.1 Å². The molecule has 1 aromatic heterocycles. The molecule has 2 fully saturated rings. The third kappa shape index (κ3) is 3.84. The second-order valence-electron chi connectivity index (χ2n) is 8.60. The number of fused-ring (bicyclic) bond motifs is 1. The molecule has 170 valence electrons. The summed E-state index contributed by atoms with van der Waals surface area (Å²) in [5, 5.41) is 9.07. The summed E-state index contributed by atoms with van der Waals surface area (Å²) >= 11 is 0. The lowest BCUT2D eigenvalue weighted by Gasteiger charge is -2.43. The highest BCUT2D eigenvalue weighted by molar-refractivity contribution is 5.95. The molecule has 1 aromatic carbocycles. The van der Waals surface area contributed by atoms with Crippen LogP contribution in [0.15, 0.2) is 34.9 Å². The first-order valence-corrected chi connectivity index (χ1v) is 10.4. The third-order valence-corrected chi connectivity index (χ3v) is 6.74. The van der Waals surface area contributed by atoms with Crippen LogP contribution >= 0.6 is 0 Å². The van der Waals surface area contributed by atoms with E-state index in [4.69, 9.17) is 14.4 Å². The number of hydrogen-bond donors (Lipinski definition) is 0. The molecular weight excluding hydrogens is 423 g/mol. The topological polar surface area (TPSA) is 69.7 Å². The van der Waals surface area contributed by atoms with Gasteiger partial charge in [0.2, 0.25) is 0 Å². The van der Waals surface area contributed by atoms with E-state index in [1.165, 1.54) is 12.3 Å². The molecule has 0 bridgehead atoms. The normalized spacial score (nSPS) is 23.2. The molecule has 2 atom stereocenters. The molecule has 2 saturated heterocycles. The number of halogens is 3. The van der Waals surface area contributed by atoms with Crippen LogP contribution in [0.2, 0.25) is 0 Å². The lowest BCUT2D eigenvalue weighted by atomic mass is 9.73. The number of ether oxygens (including phenoxy) is 1. The summed E-state index contributed by atoms with van der Waals surface area (Å²) in [5.74, 6) is 0.504. The van der Waals surface area contributed by atoms with Crippen molar-refractivity contribution in [1.29, 1.82) is 5.26 Å². The number of carbonyl (C=O) groups is 1. The minimum absolute atomic E-state index is 0.0392. The van der Waals surface area contributed by atoms with Crippen LogP contribution in [-0.4, -0.2) is 50.7 Å². The van der Waals surface area contributed by atoms with Crippen molar-refractivity contribution in [3.05, 3.63) is 53.0 Å². The number of rotatable bonds is 4. The predicted molar refractivity (Wildman–Crippen MR) is 110 cm³/mol. The molecule has 32 heavy (non-hydrogen) atoms. The van der Waals surface area contributed by atoms with Gasteiger partial charge in [-0.3, -0.25) is 4.79 Å². The van der Waals surface area contributed by atoms with Crippen LogP contribution < -0.4 is 4.90 Å². The van der Waals surface area contributed by atoms with Gasteiger partial charge >= 0.3 is 6.18 Å². The molecule has 1 amide bonds. The minimum atomic E-state index is -4.61. The van der Waals surface area contributed by atoms with E-state index in [9.17, 15) is 18.0 Å². The van der Waals surface area contributed by atoms with Crippen LogP contribution in [0, 0.1) is 29.6 Å². The molecule has 6 nitrogen and oxygen atoms in total. The SMILES string of the molecule is COCC12CCN(C(=O)c3ccoc3C)CC1CN(c1ccc(C#N)c(C(F)(F)F)c1)C2. The fraction of sp³-hybridized carbons (Fsp3) is 0.478. The Morgan fingerprint density at radius 3 is 2.75 bits per heavy atom. The van der Waals surface area contributed by atoms with Crippen LogP contribution in [-0.2, 0) is 10.9 Å². The van der Waals surface area contributed by atoms with E-state index in [0.29, 0.717) is 56.2 Å². The van der Waals surface area contributed by atoms with Gasteiger partial charge in [-0.2, -0.15) is 18.4 Å². The molecule has 2 unspecified atom stereocenters. The summed E-state index contributed by atoms with van der Waals surface area (Å²) in [5.41, 5.74) is -0.633. The quantitative estimate of drug-likeness (QED) is 0.706. The van der Waals surface area contributed by atoms with E-state index in [2.05, 4.69) is 0 Å².